The highest BCUT2D eigenvalue weighted by molar-refractivity contribution is 5.85. The smallest absolute Gasteiger partial charge is 0.240 e. The highest BCUT2D eigenvalue weighted by Crippen LogP contribution is 2.31. The van der Waals surface area contributed by atoms with Gasteiger partial charge in [-0.3, -0.25) is 9.69 Å². The van der Waals surface area contributed by atoms with Crippen LogP contribution in [0.1, 0.15) is 24.2 Å². The van der Waals surface area contributed by atoms with E-state index in [0.29, 0.717) is 13.2 Å². The minimum Gasteiger partial charge on any atom is -0.468 e. The highest BCUT2D eigenvalue weighted by Gasteiger charge is 2.46. The van der Waals surface area contributed by atoms with Gasteiger partial charge in [0.25, 0.3) is 0 Å². The Labute approximate surface area is 107 Å². The Kier molecular flexibility index (Phi) is 3.73. The van der Waals surface area contributed by atoms with Crippen LogP contribution in [0.25, 0.3) is 0 Å². The van der Waals surface area contributed by atoms with Crippen LogP contribution in [0.15, 0.2) is 16.7 Å². The Hall–Kier alpha value is -1.33. The molecule has 2 N–H and O–H groups in total. The third-order valence-electron chi connectivity index (χ3n) is 3.77. The minimum absolute atomic E-state index is 0.314. The second kappa shape index (κ2) is 5.12. The molecule has 1 aliphatic heterocycles. The fraction of sp³-hybridized carbons (Fsp3) is 0.615. The second-order valence-electron chi connectivity index (χ2n) is 4.88. The minimum atomic E-state index is -0.687. The number of nitrogens with zero attached hydrogens (tertiary/aromatic N) is 1. The molecule has 2 heterocycles. The van der Waals surface area contributed by atoms with E-state index in [9.17, 15) is 4.79 Å². The Morgan fingerprint density at radius 3 is 3.00 bits per heavy atom. The molecule has 0 aromatic carbocycles. The number of ether oxygens (including phenoxy) is 1. The van der Waals surface area contributed by atoms with Crippen molar-refractivity contribution >= 4 is 5.91 Å². The van der Waals surface area contributed by atoms with Crippen molar-refractivity contribution in [2.75, 3.05) is 20.3 Å². The predicted octanol–water partition coefficient (Wildman–Crippen LogP) is 1.05. The van der Waals surface area contributed by atoms with E-state index < -0.39 is 5.54 Å². The quantitative estimate of drug-likeness (QED) is 0.850. The van der Waals surface area contributed by atoms with Crippen LogP contribution in [0.4, 0.5) is 0 Å². The van der Waals surface area contributed by atoms with E-state index in [4.69, 9.17) is 14.9 Å². The van der Waals surface area contributed by atoms with Crippen LogP contribution in [-0.2, 0) is 16.1 Å². The molecule has 2 rings (SSSR count). The number of hydrogen-bond donors (Lipinski definition) is 1. The molecule has 1 aromatic rings. The fourth-order valence-electron chi connectivity index (χ4n) is 2.66. The second-order valence-corrected chi connectivity index (χ2v) is 4.88. The molecule has 1 unspecified atom stereocenters. The van der Waals surface area contributed by atoms with Gasteiger partial charge in [0, 0.05) is 7.11 Å². The van der Waals surface area contributed by atoms with Crippen molar-refractivity contribution in [2.45, 2.75) is 31.8 Å². The van der Waals surface area contributed by atoms with E-state index in [1.807, 2.05) is 13.0 Å². The number of likely N-dealkylation sites (tertiary alicyclic amines) is 1. The van der Waals surface area contributed by atoms with Gasteiger partial charge < -0.3 is 14.9 Å². The molecule has 1 aliphatic rings. The number of rotatable bonds is 5. The molecular formula is C13H20N2O3. The van der Waals surface area contributed by atoms with Crippen LogP contribution in [0.5, 0.6) is 0 Å². The standard InChI is InChI=1S/C13H20N2O3/c1-10-4-7-18-11(10)8-15-6-3-5-13(15,9-17-2)12(14)16/h4,7H,3,5-6,8-9H2,1-2H3,(H2,14,16). The molecule has 5 nitrogen and oxygen atoms in total. The average molecular weight is 252 g/mol. The summed E-state index contributed by atoms with van der Waals surface area (Å²) in [4.78, 5) is 13.9. The number of amides is 1. The first kappa shape index (κ1) is 13.1. The van der Waals surface area contributed by atoms with E-state index in [2.05, 4.69) is 4.90 Å². The molecule has 100 valence electrons. The molecule has 0 radical (unpaired) electrons. The van der Waals surface area contributed by atoms with Crippen LogP contribution >= 0.6 is 0 Å². The monoisotopic (exact) mass is 252 g/mol. The summed E-state index contributed by atoms with van der Waals surface area (Å²) >= 11 is 0. The number of aryl methyl sites for hydroxylation is 1. The normalized spacial score (nSPS) is 24.6. The van der Waals surface area contributed by atoms with Crippen molar-refractivity contribution in [3.63, 3.8) is 0 Å². The Balaban J connectivity index is 2.20. The summed E-state index contributed by atoms with van der Waals surface area (Å²) in [7, 11) is 1.60. The Morgan fingerprint density at radius 2 is 2.44 bits per heavy atom. The van der Waals surface area contributed by atoms with Gasteiger partial charge in [-0.15, -0.1) is 0 Å². The van der Waals surface area contributed by atoms with Gasteiger partial charge in [-0.25, -0.2) is 0 Å². The number of carbonyl (C=O) groups is 1. The largest absolute Gasteiger partial charge is 0.468 e. The number of primary amides is 1. The zero-order chi connectivity index (χ0) is 13.2. The molecule has 1 amide bonds. The van der Waals surface area contributed by atoms with E-state index >= 15 is 0 Å². The van der Waals surface area contributed by atoms with Crippen molar-refractivity contribution < 1.29 is 13.9 Å². The summed E-state index contributed by atoms with van der Waals surface area (Å²) in [5, 5.41) is 0. The van der Waals surface area contributed by atoms with Crippen LogP contribution in [0.2, 0.25) is 0 Å². The first-order valence-corrected chi connectivity index (χ1v) is 6.17. The highest BCUT2D eigenvalue weighted by atomic mass is 16.5. The van der Waals surface area contributed by atoms with Crippen molar-refractivity contribution in [2.24, 2.45) is 5.73 Å². The van der Waals surface area contributed by atoms with Crippen LogP contribution in [0, 0.1) is 6.92 Å². The van der Waals surface area contributed by atoms with E-state index in [1.165, 1.54) is 0 Å². The molecule has 5 heteroatoms. The van der Waals surface area contributed by atoms with Crippen molar-refractivity contribution in [3.8, 4) is 0 Å². The number of methoxy groups -OCH3 is 1. The number of hydrogen-bond acceptors (Lipinski definition) is 4. The first-order chi connectivity index (χ1) is 8.60. The molecule has 1 fully saturated rings. The van der Waals surface area contributed by atoms with E-state index in [-0.39, 0.29) is 5.91 Å². The maximum atomic E-state index is 11.8. The van der Waals surface area contributed by atoms with Gasteiger partial charge in [-0.1, -0.05) is 0 Å². The van der Waals surface area contributed by atoms with Crippen molar-refractivity contribution in [3.05, 3.63) is 23.7 Å². The molecule has 0 bridgehead atoms. The van der Waals surface area contributed by atoms with Gasteiger partial charge in [0.05, 0.1) is 19.4 Å². The van der Waals surface area contributed by atoms with Gasteiger partial charge in [-0.2, -0.15) is 0 Å². The molecule has 1 atom stereocenters. The van der Waals surface area contributed by atoms with E-state index in [1.54, 1.807) is 13.4 Å². The Morgan fingerprint density at radius 1 is 1.67 bits per heavy atom. The molecule has 0 saturated carbocycles. The summed E-state index contributed by atoms with van der Waals surface area (Å²) in [6, 6.07) is 1.92. The van der Waals surface area contributed by atoms with Gasteiger partial charge in [0.2, 0.25) is 5.91 Å². The molecule has 0 aliphatic carbocycles. The maximum absolute atomic E-state index is 11.8. The zero-order valence-corrected chi connectivity index (χ0v) is 10.9. The molecule has 1 aromatic heterocycles. The first-order valence-electron chi connectivity index (χ1n) is 6.17. The van der Waals surface area contributed by atoms with Gasteiger partial charge >= 0.3 is 0 Å². The number of furan rings is 1. The summed E-state index contributed by atoms with van der Waals surface area (Å²) in [6.07, 6.45) is 3.37. The van der Waals surface area contributed by atoms with Crippen molar-refractivity contribution in [1.29, 1.82) is 0 Å². The lowest BCUT2D eigenvalue weighted by Gasteiger charge is -2.34. The zero-order valence-electron chi connectivity index (χ0n) is 10.9. The van der Waals surface area contributed by atoms with Gasteiger partial charge in [0.1, 0.15) is 11.3 Å². The molecule has 18 heavy (non-hydrogen) atoms. The average Bonchev–Trinajstić information content (AvgIpc) is 2.89. The van der Waals surface area contributed by atoms with Gasteiger partial charge in [-0.05, 0) is 37.9 Å². The SMILES string of the molecule is COCC1(C(N)=O)CCCN1Cc1occc1C. The van der Waals surface area contributed by atoms with Crippen LogP contribution in [-0.4, -0.2) is 36.6 Å². The fourth-order valence-corrected chi connectivity index (χ4v) is 2.66. The lowest BCUT2D eigenvalue weighted by molar-refractivity contribution is -0.132. The lowest BCUT2D eigenvalue weighted by atomic mass is 9.96. The predicted molar refractivity (Wildman–Crippen MR) is 66.9 cm³/mol. The lowest BCUT2D eigenvalue weighted by Crippen LogP contribution is -2.56. The maximum Gasteiger partial charge on any atom is 0.240 e. The molecule has 0 spiro atoms. The van der Waals surface area contributed by atoms with Crippen LogP contribution in [0.3, 0.4) is 0 Å². The number of carbonyl (C=O) groups excluding carboxylic acids is 1. The summed E-state index contributed by atoms with van der Waals surface area (Å²) in [5.41, 5.74) is 5.99. The third-order valence-corrected chi connectivity index (χ3v) is 3.77. The van der Waals surface area contributed by atoms with E-state index in [0.717, 1.165) is 30.7 Å². The summed E-state index contributed by atoms with van der Waals surface area (Å²) in [5.74, 6) is 0.574. The molecule has 1 saturated heterocycles. The van der Waals surface area contributed by atoms with Gasteiger partial charge in [0.15, 0.2) is 0 Å². The summed E-state index contributed by atoms with van der Waals surface area (Å²) in [6.45, 7) is 3.77. The Bertz CT molecular complexity index is 430. The topological polar surface area (TPSA) is 68.7 Å². The van der Waals surface area contributed by atoms with Crippen LogP contribution < -0.4 is 5.73 Å². The third kappa shape index (κ3) is 2.15. The number of nitrogens with two attached hydrogens (primary N) is 1. The summed E-state index contributed by atoms with van der Waals surface area (Å²) < 4.78 is 10.6. The molecular weight excluding hydrogens is 232 g/mol. The van der Waals surface area contributed by atoms with Crippen molar-refractivity contribution in [1.82, 2.24) is 4.90 Å².